The highest BCUT2D eigenvalue weighted by Crippen LogP contribution is 2.20. The smallest absolute Gasteiger partial charge is 0.259 e. The number of rotatable bonds is 5. The van der Waals surface area contributed by atoms with Gasteiger partial charge in [0.1, 0.15) is 18.3 Å². The maximum absolute atomic E-state index is 14.4. The SMILES string of the molecule is CCc1c(C(=O)Nc2ccc(-n3cncn3)c(F)c2)cnn1-c1ccccn1. The Morgan fingerprint density at radius 2 is 2.11 bits per heavy atom. The van der Waals surface area contributed by atoms with Gasteiger partial charge in [-0.3, -0.25) is 4.79 Å². The zero-order chi connectivity index (χ0) is 19.5. The van der Waals surface area contributed by atoms with Crippen molar-refractivity contribution in [3.05, 3.63) is 78.5 Å². The van der Waals surface area contributed by atoms with Crippen LogP contribution in [-0.4, -0.2) is 35.4 Å². The number of nitrogens with zero attached hydrogens (tertiary/aromatic N) is 6. The van der Waals surface area contributed by atoms with Crippen LogP contribution >= 0.6 is 0 Å². The molecule has 0 radical (unpaired) electrons. The number of pyridine rings is 1. The summed E-state index contributed by atoms with van der Waals surface area (Å²) in [7, 11) is 0. The molecule has 0 aliphatic heterocycles. The van der Waals surface area contributed by atoms with Crippen LogP contribution in [0.3, 0.4) is 0 Å². The Labute approximate surface area is 159 Å². The highest BCUT2D eigenvalue weighted by atomic mass is 19.1. The molecule has 3 aromatic heterocycles. The molecule has 140 valence electrons. The molecule has 28 heavy (non-hydrogen) atoms. The van der Waals surface area contributed by atoms with Crippen LogP contribution in [0.15, 0.2) is 61.4 Å². The van der Waals surface area contributed by atoms with Crippen molar-refractivity contribution in [1.29, 1.82) is 0 Å². The third kappa shape index (κ3) is 3.25. The van der Waals surface area contributed by atoms with Crippen molar-refractivity contribution in [3.8, 4) is 11.5 Å². The summed E-state index contributed by atoms with van der Waals surface area (Å²) in [6.07, 6.45) is 6.45. The van der Waals surface area contributed by atoms with Crippen LogP contribution in [0.1, 0.15) is 23.0 Å². The molecular formula is C19H16FN7O. The molecule has 8 nitrogen and oxygen atoms in total. The van der Waals surface area contributed by atoms with Gasteiger partial charge < -0.3 is 5.32 Å². The van der Waals surface area contributed by atoms with Crippen molar-refractivity contribution in [2.24, 2.45) is 0 Å². The number of carbonyl (C=O) groups excluding carboxylic acids is 1. The minimum atomic E-state index is -0.525. The van der Waals surface area contributed by atoms with Gasteiger partial charge in [0.05, 0.1) is 17.5 Å². The molecule has 0 atom stereocenters. The number of anilines is 1. The minimum absolute atomic E-state index is 0.243. The summed E-state index contributed by atoms with van der Waals surface area (Å²) in [5.41, 5.74) is 1.71. The van der Waals surface area contributed by atoms with Gasteiger partial charge in [-0.2, -0.15) is 10.2 Å². The van der Waals surface area contributed by atoms with Crippen molar-refractivity contribution in [1.82, 2.24) is 29.5 Å². The Balaban J connectivity index is 1.59. The van der Waals surface area contributed by atoms with Gasteiger partial charge in [0, 0.05) is 11.9 Å². The van der Waals surface area contributed by atoms with E-state index in [1.807, 2.05) is 25.1 Å². The van der Waals surface area contributed by atoms with Crippen LogP contribution in [0.4, 0.5) is 10.1 Å². The summed E-state index contributed by atoms with van der Waals surface area (Å²) in [5.74, 6) is -0.267. The predicted octanol–water partition coefficient (Wildman–Crippen LogP) is 2.80. The Morgan fingerprint density at radius 3 is 2.79 bits per heavy atom. The summed E-state index contributed by atoms with van der Waals surface area (Å²) in [6, 6.07) is 9.84. The van der Waals surface area contributed by atoms with E-state index in [1.54, 1.807) is 16.9 Å². The van der Waals surface area contributed by atoms with Crippen molar-refractivity contribution in [2.75, 3.05) is 5.32 Å². The number of hydrogen-bond acceptors (Lipinski definition) is 5. The first-order valence-corrected chi connectivity index (χ1v) is 8.61. The lowest BCUT2D eigenvalue weighted by Crippen LogP contribution is -2.15. The Morgan fingerprint density at radius 1 is 1.21 bits per heavy atom. The van der Waals surface area contributed by atoms with E-state index in [-0.39, 0.29) is 11.6 Å². The molecule has 0 unspecified atom stereocenters. The molecule has 1 amide bonds. The molecule has 0 bridgehead atoms. The van der Waals surface area contributed by atoms with Crippen LogP contribution in [0, 0.1) is 5.82 Å². The van der Waals surface area contributed by atoms with Crippen molar-refractivity contribution in [3.63, 3.8) is 0 Å². The molecule has 1 aromatic carbocycles. The fraction of sp³-hybridized carbons (Fsp3) is 0.105. The third-order valence-electron chi connectivity index (χ3n) is 4.19. The van der Waals surface area contributed by atoms with Gasteiger partial charge >= 0.3 is 0 Å². The quantitative estimate of drug-likeness (QED) is 0.578. The highest BCUT2D eigenvalue weighted by Gasteiger charge is 2.18. The monoisotopic (exact) mass is 377 g/mol. The lowest BCUT2D eigenvalue weighted by atomic mass is 10.2. The molecule has 4 rings (SSSR count). The average Bonchev–Trinajstić information content (AvgIpc) is 3.38. The molecular weight excluding hydrogens is 361 g/mol. The van der Waals surface area contributed by atoms with E-state index in [0.29, 0.717) is 23.5 Å². The number of nitrogens with one attached hydrogen (secondary N) is 1. The molecule has 1 N–H and O–H groups in total. The zero-order valence-corrected chi connectivity index (χ0v) is 15.0. The molecule has 0 saturated heterocycles. The highest BCUT2D eigenvalue weighted by molar-refractivity contribution is 6.05. The Kier molecular flexibility index (Phi) is 4.63. The number of benzene rings is 1. The molecule has 3 heterocycles. The van der Waals surface area contributed by atoms with Crippen LogP contribution in [0.5, 0.6) is 0 Å². The van der Waals surface area contributed by atoms with Gasteiger partial charge in [-0.05, 0) is 36.8 Å². The summed E-state index contributed by atoms with van der Waals surface area (Å²) >= 11 is 0. The topological polar surface area (TPSA) is 90.5 Å². The van der Waals surface area contributed by atoms with Gasteiger partial charge in [-0.25, -0.2) is 23.7 Å². The van der Waals surface area contributed by atoms with E-state index >= 15 is 0 Å². The zero-order valence-electron chi connectivity index (χ0n) is 15.0. The second-order valence-electron chi connectivity index (χ2n) is 5.92. The summed E-state index contributed by atoms with van der Waals surface area (Å²) in [4.78, 5) is 20.8. The molecule has 0 fully saturated rings. The second kappa shape index (κ2) is 7.39. The first kappa shape index (κ1) is 17.5. The summed E-state index contributed by atoms with van der Waals surface area (Å²) in [5, 5.41) is 10.9. The van der Waals surface area contributed by atoms with Crippen LogP contribution < -0.4 is 5.32 Å². The van der Waals surface area contributed by atoms with Gasteiger partial charge in [-0.1, -0.05) is 13.0 Å². The minimum Gasteiger partial charge on any atom is -0.322 e. The molecule has 0 aliphatic carbocycles. The number of halogens is 1. The maximum Gasteiger partial charge on any atom is 0.259 e. The second-order valence-corrected chi connectivity index (χ2v) is 5.92. The van der Waals surface area contributed by atoms with Crippen LogP contribution in [-0.2, 0) is 6.42 Å². The maximum atomic E-state index is 14.4. The normalized spacial score (nSPS) is 10.8. The lowest BCUT2D eigenvalue weighted by molar-refractivity contribution is 0.102. The average molecular weight is 377 g/mol. The van der Waals surface area contributed by atoms with Crippen molar-refractivity contribution < 1.29 is 9.18 Å². The van der Waals surface area contributed by atoms with Gasteiger partial charge in [0.25, 0.3) is 5.91 Å². The van der Waals surface area contributed by atoms with E-state index < -0.39 is 5.82 Å². The van der Waals surface area contributed by atoms with Gasteiger partial charge in [-0.15, -0.1) is 0 Å². The fourth-order valence-corrected chi connectivity index (χ4v) is 2.88. The van der Waals surface area contributed by atoms with Crippen LogP contribution in [0.25, 0.3) is 11.5 Å². The molecule has 4 aromatic rings. The number of amides is 1. The largest absolute Gasteiger partial charge is 0.322 e. The van der Waals surface area contributed by atoms with Crippen molar-refractivity contribution >= 4 is 11.6 Å². The van der Waals surface area contributed by atoms with E-state index in [0.717, 1.165) is 5.69 Å². The van der Waals surface area contributed by atoms with E-state index in [4.69, 9.17) is 0 Å². The summed E-state index contributed by atoms with van der Waals surface area (Å²) in [6.45, 7) is 1.93. The summed E-state index contributed by atoms with van der Waals surface area (Å²) < 4.78 is 17.3. The Hall–Kier alpha value is -3.88. The molecule has 0 spiro atoms. The number of hydrogen-bond donors (Lipinski definition) is 1. The van der Waals surface area contributed by atoms with Crippen molar-refractivity contribution in [2.45, 2.75) is 13.3 Å². The number of aromatic nitrogens is 6. The van der Waals surface area contributed by atoms with Gasteiger partial charge in [0.15, 0.2) is 11.6 Å². The lowest BCUT2D eigenvalue weighted by Gasteiger charge is -2.09. The van der Waals surface area contributed by atoms with Gasteiger partial charge in [0.2, 0.25) is 0 Å². The Bertz CT molecular complexity index is 1110. The first-order valence-electron chi connectivity index (χ1n) is 8.61. The van der Waals surface area contributed by atoms with E-state index in [9.17, 15) is 9.18 Å². The van der Waals surface area contributed by atoms with E-state index in [1.165, 1.54) is 35.7 Å². The number of carbonyl (C=O) groups is 1. The fourth-order valence-electron chi connectivity index (χ4n) is 2.88. The standard InChI is InChI=1S/C19H16FN7O/c1-2-16-14(10-23-27(16)18-5-3-4-8-22-18)19(28)25-13-6-7-17(15(20)9-13)26-12-21-11-24-26/h3-12H,2H2,1H3,(H,25,28). The van der Waals surface area contributed by atoms with E-state index in [2.05, 4.69) is 25.5 Å². The molecule has 0 saturated carbocycles. The first-order chi connectivity index (χ1) is 13.7. The molecule has 0 aliphatic rings. The third-order valence-corrected chi connectivity index (χ3v) is 4.19. The van der Waals surface area contributed by atoms with Crippen LogP contribution in [0.2, 0.25) is 0 Å². The predicted molar refractivity (Wildman–Crippen MR) is 100 cm³/mol. The molecule has 9 heteroatoms.